The number of anilines is 1. The molecule has 1 aromatic heterocycles. The first-order chi connectivity index (χ1) is 14.0. The monoisotopic (exact) mass is 389 g/mol. The van der Waals surface area contributed by atoms with Crippen molar-refractivity contribution in [2.75, 3.05) is 18.5 Å². The summed E-state index contributed by atoms with van der Waals surface area (Å²) >= 11 is 0. The Kier molecular flexibility index (Phi) is 5.05. The molecule has 0 unspecified atom stereocenters. The first-order valence-electron chi connectivity index (χ1n) is 10.0. The second-order valence-electron chi connectivity index (χ2n) is 8.02. The van der Waals surface area contributed by atoms with Gasteiger partial charge >= 0.3 is 5.97 Å². The van der Waals surface area contributed by atoms with Crippen molar-refractivity contribution in [1.29, 1.82) is 0 Å². The first-order valence-corrected chi connectivity index (χ1v) is 10.0. The third kappa shape index (κ3) is 3.73. The zero-order valence-corrected chi connectivity index (χ0v) is 17.1. The minimum atomic E-state index is -0.312. The van der Waals surface area contributed by atoms with Crippen LogP contribution in [-0.4, -0.2) is 24.1 Å². The summed E-state index contributed by atoms with van der Waals surface area (Å²) in [4.78, 5) is 16.0. The highest BCUT2D eigenvalue weighted by Gasteiger charge is 2.33. The molecule has 3 aromatic rings. The van der Waals surface area contributed by atoms with Crippen molar-refractivity contribution in [3.63, 3.8) is 0 Å². The maximum absolute atomic E-state index is 12.6. The molecular formula is C24H27N3O2. The zero-order valence-electron chi connectivity index (χ0n) is 17.1. The molecule has 0 radical (unpaired) electrons. The van der Waals surface area contributed by atoms with Crippen LogP contribution in [0.4, 0.5) is 5.69 Å². The van der Waals surface area contributed by atoms with Crippen LogP contribution in [0.5, 0.6) is 0 Å². The fourth-order valence-corrected chi connectivity index (χ4v) is 3.95. The highest BCUT2D eigenvalue weighted by molar-refractivity contribution is 6.18. The molecule has 0 aliphatic carbocycles. The van der Waals surface area contributed by atoms with E-state index in [4.69, 9.17) is 4.74 Å². The van der Waals surface area contributed by atoms with E-state index in [2.05, 4.69) is 59.8 Å². The smallest absolute Gasteiger partial charge is 0.341 e. The number of carbonyl (C=O) groups is 1. The van der Waals surface area contributed by atoms with Gasteiger partial charge in [-0.2, -0.15) is 0 Å². The SMILES string of the molecule is CCOC(=O)C1=CNCC(C)(C)c2c1[nH]c1ccc(NCc3ccccc3)cc21. The van der Waals surface area contributed by atoms with Gasteiger partial charge in [0.1, 0.15) is 0 Å². The van der Waals surface area contributed by atoms with Crippen LogP contribution in [0.3, 0.4) is 0 Å². The second kappa shape index (κ2) is 7.66. The Hall–Kier alpha value is -3.21. The van der Waals surface area contributed by atoms with Gasteiger partial charge in [-0.3, -0.25) is 0 Å². The molecule has 0 atom stereocenters. The molecule has 5 heteroatoms. The molecule has 150 valence electrons. The van der Waals surface area contributed by atoms with Gasteiger partial charge in [0.2, 0.25) is 0 Å². The van der Waals surface area contributed by atoms with Gasteiger partial charge in [-0.05, 0) is 36.2 Å². The van der Waals surface area contributed by atoms with Gasteiger partial charge in [-0.15, -0.1) is 0 Å². The summed E-state index contributed by atoms with van der Waals surface area (Å²) in [6, 6.07) is 16.6. The predicted molar refractivity (Wildman–Crippen MR) is 118 cm³/mol. The number of aromatic amines is 1. The van der Waals surface area contributed by atoms with Gasteiger partial charge in [-0.25, -0.2) is 4.79 Å². The molecule has 4 rings (SSSR count). The summed E-state index contributed by atoms with van der Waals surface area (Å²) in [7, 11) is 0. The van der Waals surface area contributed by atoms with Crippen LogP contribution in [0.25, 0.3) is 16.5 Å². The molecule has 29 heavy (non-hydrogen) atoms. The third-order valence-electron chi connectivity index (χ3n) is 5.37. The number of esters is 1. The lowest BCUT2D eigenvalue weighted by atomic mass is 9.82. The predicted octanol–water partition coefficient (Wildman–Crippen LogP) is 4.56. The van der Waals surface area contributed by atoms with Gasteiger partial charge in [0.05, 0.1) is 17.9 Å². The van der Waals surface area contributed by atoms with E-state index >= 15 is 0 Å². The van der Waals surface area contributed by atoms with E-state index in [1.165, 1.54) is 5.56 Å². The van der Waals surface area contributed by atoms with Crippen LogP contribution in [0, 0.1) is 0 Å². The van der Waals surface area contributed by atoms with E-state index in [0.717, 1.165) is 40.9 Å². The summed E-state index contributed by atoms with van der Waals surface area (Å²) < 4.78 is 5.29. The number of fused-ring (bicyclic) bond motifs is 3. The standard InChI is InChI=1S/C24H27N3O2/c1-4-29-23(28)19-14-25-15-24(2,3)21-18-12-17(10-11-20(18)27-22(19)21)26-13-16-8-6-5-7-9-16/h5-12,14,25-27H,4,13,15H2,1-3H3. The van der Waals surface area contributed by atoms with E-state index in [1.54, 1.807) is 6.20 Å². The zero-order chi connectivity index (χ0) is 20.4. The minimum absolute atomic E-state index is 0.156. The Morgan fingerprint density at radius 2 is 1.97 bits per heavy atom. The van der Waals surface area contributed by atoms with Crippen molar-refractivity contribution < 1.29 is 9.53 Å². The fourth-order valence-electron chi connectivity index (χ4n) is 3.95. The maximum atomic E-state index is 12.6. The summed E-state index contributed by atoms with van der Waals surface area (Å²) in [5.41, 5.74) is 5.67. The Morgan fingerprint density at radius 1 is 1.17 bits per heavy atom. The molecule has 2 aromatic carbocycles. The normalized spacial score (nSPS) is 15.1. The molecule has 3 N–H and O–H groups in total. The Morgan fingerprint density at radius 3 is 2.72 bits per heavy atom. The third-order valence-corrected chi connectivity index (χ3v) is 5.37. The average Bonchev–Trinajstić information content (AvgIpc) is 3.03. The Balaban J connectivity index is 1.75. The minimum Gasteiger partial charge on any atom is -0.462 e. The number of hydrogen-bond donors (Lipinski definition) is 3. The Bertz CT molecular complexity index is 1060. The van der Waals surface area contributed by atoms with Crippen LogP contribution in [-0.2, 0) is 21.5 Å². The molecule has 0 amide bonds. The lowest BCUT2D eigenvalue weighted by Gasteiger charge is -2.24. The van der Waals surface area contributed by atoms with E-state index in [-0.39, 0.29) is 11.4 Å². The molecule has 1 aliphatic rings. The molecule has 1 aliphatic heterocycles. The number of H-pyrrole nitrogens is 1. The molecule has 0 fully saturated rings. The topological polar surface area (TPSA) is 66.1 Å². The van der Waals surface area contributed by atoms with Gasteiger partial charge in [0.15, 0.2) is 0 Å². The van der Waals surface area contributed by atoms with Crippen molar-refractivity contribution in [2.45, 2.75) is 32.7 Å². The van der Waals surface area contributed by atoms with Gasteiger partial charge in [-0.1, -0.05) is 44.2 Å². The number of benzene rings is 2. The number of nitrogens with one attached hydrogen (secondary N) is 3. The van der Waals surface area contributed by atoms with Crippen molar-refractivity contribution in [2.24, 2.45) is 0 Å². The van der Waals surface area contributed by atoms with E-state index in [0.29, 0.717) is 12.2 Å². The molecule has 0 saturated heterocycles. The second-order valence-corrected chi connectivity index (χ2v) is 8.02. The number of rotatable bonds is 5. The quantitative estimate of drug-likeness (QED) is 0.560. The van der Waals surface area contributed by atoms with Crippen LogP contribution in [0.1, 0.15) is 37.6 Å². The lowest BCUT2D eigenvalue weighted by molar-refractivity contribution is -0.136. The number of aromatic nitrogens is 1. The van der Waals surface area contributed by atoms with Crippen molar-refractivity contribution in [1.82, 2.24) is 10.3 Å². The lowest BCUT2D eigenvalue weighted by Crippen LogP contribution is -2.29. The van der Waals surface area contributed by atoms with E-state index in [9.17, 15) is 4.79 Å². The Labute approximate surface area is 171 Å². The first kappa shape index (κ1) is 19.1. The van der Waals surface area contributed by atoms with Crippen LogP contribution in [0.2, 0.25) is 0 Å². The number of carbonyl (C=O) groups excluding carboxylic acids is 1. The highest BCUT2D eigenvalue weighted by atomic mass is 16.5. The van der Waals surface area contributed by atoms with E-state index in [1.807, 2.05) is 25.1 Å². The number of hydrogen-bond acceptors (Lipinski definition) is 4. The summed E-state index contributed by atoms with van der Waals surface area (Å²) in [6.07, 6.45) is 1.77. The van der Waals surface area contributed by atoms with E-state index < -0.39 is 0 Å². The summed E-state index contributed by atoms with van der Waals surface area (Å²) in [5.74, 6) is -0.312. The van der Waals surface area contributed by atoms with Crippen molar-refractivity contribution in [3.05, 3.63) is 71.6 Å². The van der Waals surface area contributed by atoms with Crippen molar-refractivity contribution >= 4 is 28.1 Å². The highest BCUT2D eigenvalue weighted by Crippen LogP contribution is 2.39. The van der Waals surface area contributed by atoms with Crippen LogP contribution in [0.15, 0.2) is 54.7 Å². The maximum Gasteiger partial charge on any atom is 0.341 e. The average molecular weight is 389 g/mol. The van der Waals surface area contributed by atoms with Gasteiger partial charge in [0.25, 0.3) is 0 Å². The van der Waals surface area contributed by atoms with Crippen molar-refractivity contribution in [3.8, 4) is 0 Å². The van der Waals surface area contributed by atoms with Gasteiger partial charge < -0.3 is 20.4 Å². The summed E-state index contributed by atoms with van der Waals surface area (Å²) in [6.45, 7) is 8.05. The molecule has 0 spiro atoms. The largest absolute Gasteiger partial charge is 0.462 e. The fraction of sp³-hybridized carbons (Fsp3) is 0.292. The van der Waals surface area contributed by atoms with Gasteiger partial charge in [0, 0.05) is 41.3 Å². The number of ether oxygens (including phenoxy) is 1. The van der Waals surface area contributed by atoms with Crippen LogP contribution < -0.4 is 10.6 Å². The summed E-state index contributed by atoms with van der Waals surface area (Å²) in [5, 5.41) is 7.93. The molecule has 0 bridgehead atoms. The molecular weight excluding hydrogens is 362 g/mol. The molecule has 5 nitrogen and oxygen atoms in total. The molecule has 0 saturated carbocycles. The van der Waals surface area contributed by atoms with Crippen LogP contribution >= 0.6 is 0 Å². The molecule has 2 heterocycles.